The first-order valence-electron chi connectivity index (χ1n) is 19.4. The monoisotopic (exact) mass is 686 g/mol. The first-order chi connectivity index (χ1) is 24.0. The van der Waals surface area contributed by atoms with E-state index in [0.717, 1.165) is 77.0 Å². The molecule has 1 heterocycles. The maximum atomic E-state index is 12.3. The van der Waals surface area contributed by atoms with Crippen LogP contribution in [0.5, 0.6) is 0 Å². The standard InChI is InChI=1S/C22H36O6.C6H12O2.C6H9O.B7/c1-15-9-3-5-11-17(15)25-21(23)27-19-13-7-8-14-20(19)28-22(24)26-18-12-6-4-10-16(18)2;7-5-3-1-2-4-6(5)8;1-2-4-6-5(3-1)7-6;1-5-7(4)6(2)3/h15-20H,3-14H2,1-2H3;5-8H,1-4H2;3,5-6H,1-2,4H2;/q;;+1;. The molecule has 1 aliphatic heterocycles. The fraction of sp³-hybridized carbons (Fsp3) is 0.912. The second-order valence-corrected chi connectivity index (χ2v) is 15.0. The molecule has 0 spiro atoms. The predicted molar refractivity (Wildman–Crippen MR) is 202 cm³/mol. The molecular weight excluding hydrogens is 628 g/mol. The van der Waals surface area contributed by atoms with Crippen molar-refractivity contribution in [1.29, 1.82) is 0 Å². The van der Waals surface area contributed by atoms with Crippen molar-refractivity contribution in [3.05, 3.63) is 6.42 Å². The third kappa shape index (κ3) is 16.2. The zero-order chi connectivity index (χ0) is 36.5. The molecule has 50 heavy (non-hydrogen) atoms. The van der Waals surface area contributed by atoms with Crippen molar-refractivity contribution in [1.82, 2.24) is 0 Å². The number of hydrogen-bond acceptors (Lipinski definition) is 9. The highest BCUT2D eigenvalue weighted by Gasteiger charge is 2.48. The molecule has 1 saturated heterocycles. The zero-order valence-electron chi connectivity index (χ0n) is 30.6. The topological polar surface area (TPSA) is 124 Å². The fourth-order valence-corrected chi connectivity index (χ4v) is 7.21. The van der Waals surface area contributed by atoms with Crippen LogP contribution in [0, 0.1) is 18.3 Å². The van der Waals surface area contributed by atoms with Crippen molar-refractivity contribution in [2.75, 3.05) is 0 Å². The van der Waals surface area contributed by atoms with Gasteiger partial charge in [0.05, 0.1) is 18.6 Å². The first-order valence-corrected chi connectivity index (χ1v) is 19.4. The maximum Gasteiger partial charge on any atom is 0.508 e. The molecule has 6 aliphatic rings. The largest absolute Gasteiger partial charge is 0.508 e. The predicted octanol–water partition coefficient (Wildman–Crippen LogP) is 4.52. The van der Waals surface area contributed by atoms with E-state index in [-0.39, 0.29) is 18.6 Å². The molecule has 10 unspecified atom stereocenters. The summed E-state index contributed by atoms with van der Waals surface area (Å²) in [5.41, 5.74) is 0. The van der Waals surface area contributed by atoms with E-state index in [2.05, 4.69) is 20.3 Å². The summed E-state index contributed by atoms with van der Waals surface area (Å²) in [6.07, 6.45) is 18.8. The molecule has 6 fully saturated rings. The SMILES string of the molecule is CC1CCCCC1OC(=O)OC1CCCCC1OC(=O)OC1CCCCC1C.OC1CCCCC1O.[B][B]B([B])B([B])[B].[CH+]1CCCC2OC12. The van der Waals surface area contributed by atoms with Crippen LogP contribution in [-0.4, -0.2) is 122 Å². The van der Waals surface area contributed by atoms with E-state index >= 15 is 0 Å². The van der Waals surface area contributed by atoms with Crippen LogP contribution < -0.4 is 0 Å². The van der Waals surface area contributed by atoms with Crippen LogP contribution in [0.2, 0.25) is 0 Å². The third-order valence-electron chi connectivity index (χ3n) is 10.8. The summed E-state index contributed by atoms with van der Waals surface area (Å²) in [4.78, 5) is 24.6. The van der Waals surface area contributed by atoms with E-state index < -0.39 is 43.1 Å². The smallest absolute Gasteiger partial charge is 0.431 e. The number of aliphatic hydroxyl groups excluding tert-OH is 2. The maximum absolute atomic E-state index is 12.3. The van der Waals surface area contributed by atoms with Gasteiger partial charge in [-0.2, -0.15) is 0 Å². The van der Waals surface area contributed by atoms with Crippen molar-refractivity contribution < 1.29 is 43.5 Å². The van der Waals surface area contributed by atoms with Crippen LogP contribution in [-0.2, 0) is 23.7 Å². The van der Waals surface area contributed by atoms with Gasteiger partial charge in [-0.1, -0.05) is 39.5 Å². The Kier molecular flexibility index (Phi) is 20.2. The lowest BCUT2D eigenvalue weighted by molar-refractivity contribution is -0.0929. The molecule has 0 aromatic carbocycles. The van der Waals surface area contributed by atoms with Crippen LogP contribution in [0.25, 0.3) is 0 Å². The molecule has 9 radical (unpaired) electrons. The van der Waals surface area contributed by atoms with Crippen molar-refractivity contribution >= 4 is 63.1 Å². The van der Waals surface area contributed by atoms with Gasteiger partial charge in [-0.05, 0) is 102 Å². The van der Waals surface area contributed by atoms with Crippen molar-refractivity contribution in [2.24, 2.45) is 11.8 Å². The molecule has 16 heteroatoms. The van der Waals surface area contributed by atoms with E-state index in [1.54, 1.807) is 0 Å². The number of carbonyl (C=O) groups excluding carboxylic acids is 2. The Hall–Kier alpha value is -1.26. The van der Waals surface area contributed by atoms with Gasteiger partial charge in [-0.25, -0.2) is 9.59 Å². The Morgan fingerprint density at radius 2 is 1.04 bits per heavy atom. The molecule has 10 atom stereocenters. The van der Waals surface area contributed by atoms with Gasteiger partial charge >= 0.3 is 12.3 Å². The van der Waals surface area contributed by atoms with Crippen LogP contribution in [0.3, 0.4) is 0 Å². The van der Waals surface area contributed by atoms with E-state index in [0.29, 0.717) is 36.9 Å². The van der Waals surface area contributed by atoms with Gasteiger partial charge in [0.15, 0.2) is 0 Å². The third-order valence-corrected chi connectivity index (χ3v) is 10.8. The van der Waals surface area contributed by atoms with E-state index in [1.807, 2.05) is 0 Å². The molecule has 5 aliphatic carbocycles. The molecule has 5 saturated carbocycles. The summed E-state index contributed by atoms with van der Waals surface area (Å²) in [6.45, 7) is 4.23. The number of hydrogen-bond donors (Lipinski definition) is 2. The number of carbonyl (C=O) groups is 2. The van der Waals surface area contributed by atoms with Crippen LogP contribution in [0.15, 0.2) is 0 Å². The lowest BCUT2D eigenvalue weighted by Gasteiger charge is -2.33. The molecule has 267 valence electrons. The van der Waals surface area contributed by atoms with E-state index in [9.17, 15) is 9.59 Å². The van der Waals surface area contributed by atoms with Crippen molar-refractivity contribution in [3.8, 4) is 0 Å². The fourth-order valence-electron chi connectivity index (χ4n) is 7.21. The Balaban J connectivity index is 0.000000244. The minimum atomic E-state index is -0.631. The lowest BCUT2D eigenvalue weighted by atomic mass is 8.76. The van der Waals surface area contributed by atoms with E-state index in [1.165, 1.54) is 39.2 Å². The van der Waals surface area contributed by atoms with Gasteiger partial charge in [0.25, 0.3) is 0 Å². The van der Waals surface area contributed by atoms with Gasteiger partial charge < -0.3 is 33.9 Å². The van der Waals surface area contributed by atoms with Gasteiger partial charge in [0.2, 0.25) is 6.10 Å². The highest BCUT2D eigenvalue weighted by molar-refractivity contribution is 7.81. The van der Waals surface area contributed by atoms with Crippen LogP contribution in [0.1, 0.15) is 136 Å². The second-order valence-electron chi connectivity index (χ2n) is 15.0. The van der Waals surface area contributed by atoms with Crippen LogP contribution in [0.4, 0.5) is 9.59 Å². The van der Waals surface area contributed by atoms with Gasteiger partial charge in [0.1, 0.15) is 36.9 Å². The van der Waals surface area contributed by atoms with E-state index in [4.69, 9.17) is 64.8 Å². The molecule has 0 amide bonds. The van der Waals surface area contributed by atoms with Crippen LogP contribution >= 0.6 is 0 Å². The minimum absolute atomic E-state index is 0.0676. The number of fused-ring (bicyclic) bond motifs is 1. The Labute approximate surface area is 308 Å². The summed E-state index contributed by atoms with van der Waals surface area (Å²) in [5.74, 6) is 0.735. The summed E-state index contributed by atoms with van der Waals surface area (Å²) in [6, 6.07) is 0. The zero-order valence-corrected chi connectivity index (χ0v) is 30.6. The Morgan fingerprint density at radius 3 is 1.36 bits per heavy atom. The molecular formula is C34H57B7O9+. The van der Waals surface area contributed by atoms with Gasteiger partial charge in [0, 0.05) is 50.8 Å². The average Bonchev–Trinajstić information content (AvgIpc) is 3.90. The number of aliphatic hydroxyl groups is 2. The number of epoxide rings is 1. The number of rotatable bonds is 6. The summed E-state index contributed by atoms with van der Waals surface area (Å²) in [7, 11) is 21.6. The first kappa shape index (κ1) is 43.2. The molecule has 0 aromatic heterocycles. The Morgan fingerprint density at radius 1 is 0.640 bits per heavy atom. The Bertz CT molecular complexity index is 904. The molecule has 0 bridgehead atoms. The van der Waals surface area contributed by atoms with Crippen molar-refractivity contribution in [2.45, 2.75) is 185 Å². The second kappa shape index (κ2) is 23.4. The highest BCUT2D eigenvalue weighted by atomic mass is 16.8. The molecule has 2 N–H and O–H groups in total. The molecule has 9 nitrogen and oxygen atoms in total. The van der Waals surface area contributed by atoms with Crippen molar-refractivity contribution in [3.63, 3.8) is 0 Å². The summed E-state index contributed by atoms with van der Waals surface area (Å²) < 4.78 is 27.5. The summed E-state index contributed by atoms with van der Waals surface area (Å²) >= 11 is 0. The minimum Gasteiger partial charge on any atom is -0.431 e. The lowest BCUT2D eigenvalue weighted by Crippen LogP contribution is -2.43. The quantitative estimate of drug-likeness (QED) is 0.180. The molecule has 0 aromatic rings. The highest BCUT2D eigenvalue weighted by Crippen LogP contribution is 2.35. The van der Waals surface area contributed by atoms with Gasteiger partial charge in [-0.3, -0.25) is 0 Å². The normalized spacial score (nSPS) is 34.2. The van der Waals surface area contributed by atoms with Gasteiger partial charge in [-0.15, -0.1) is 0 Å². The summed E-state index contributed by atoms with van der Waals surface area (Å²) in [5, 5.41) is 17.9. The molecule has 6 rings (SSSR count). The number of ether oxygens (including phenoxy) is 5. The average molecular weight is 686 g/mol.